The third kappa shape index (κ3) is 3.20. The maximum Gasteiger partial charge on any atom is 0.257 e. The molecule has 2 heterocycles. The molecule has 0 saturated carbocycles. The van der Waals surface area contributed by atoms with Gasteiger partial charge in [-0.2, -0.15) is 4.57 Å². The Morgan fingerprint density at radius 1 is 1.09 bits per heavy atom. The zero-order valence-electron chi connectivity index (χ0n) is 20.6. The highest BCUT2D eigenvalue weighted by Crippen LogP contribution is 2.51. The molecular weight excluding hydrogens is 404 g/mol. The minimum atomic E-state index is -0.517. The van der Waals surface area contributed by atoms with E-state index in [0.717, 1.165) is 33.7 Å². The van der Waals surface area contributed by atoms with Crippen LogP contribution in [0.15, 0.2) is 42.5 Å². The van der Waals surface area contributed by atoms with Gasteiger partial charge in [-0.3, -0.25) is 0 Å². The molecule has 33 heavy (non-hydrogen) atoms. The molecule has 3 nitrogen and oxygen atoms in total. The number of aryl methyl sites for hydroxylation is 2. The van der Waals surface area contributed by atoms with E-state index in [-0.39, 0.29) is 0 Å². The molecule has 0 unspecified atom stereocenters. The third-order valence-corrected chi connectivity index (χ3v) is 7.19. The third-order valence-electron chi connectivity index (χ3n) is 7.19. The molecule has 0 atom stereocenters. The minimum absolute atomic E-state index is 0.411. The molecule has 0 saturated heterocycles. The first-order chi connectivity index (χ1) is 15.6. The molecule has 1 aliphatic rings. The summed E-state index contributed by atoms with van der Waals surface area (Å²) >= 11 is 0. The number of benzene rings is 3. The van der Waals surface area contributed by atoms with Crippen molar-refractivity contribution in [3.8, 4) is 22.8 Å². The average molecular weight is 436 g/mol. The molecule has 1 aromatic heterocycles. The Hall–Kier alpha value is -3.38. The molecule has 4 aromatic rings. The topological polar surface area (TPSA) is 17.5 Å². The van der Waals surface area contributed by atoms with E-state index in [1.54, 1.807) is 0 Å². The molecule has 166 valence electrons. The van der Waals surface area contributed by atoms with Gasteiger partial charge >= 0.3 is 0 Å². The predicted molar refractivity (Wildman–Crippen MR) is 136 cm³/mol. The van der Waals surface area contributed by atoms with Crippen LogP contribution in [0.5, 0.6) is 11.5 Å². The Morgan fingerprint density at radius 2 is 1.82 bits per heavy atom. The van der Waals surface area contributed by atoms with Gasteiger partial charge in [0.15, 0.2) is 0 Å². The van der Waals surface area contributed by atoms with Crippen molar-refractivity contribution in [1.82, 2.24) is 0 Å². The van der Waals surface area contributed by atoms with E-state index in [0.29, 0.717) is 12.3 Å². The van der Waals surface area contributed by atoms with E-state index >= 15 is 0 Å². The van der Waals surface area contributed by atoms with E-state index in [1.807, 2.05) is 13.8 Å². The Morgan fingerprint density at radius 3 is 2.52 bits per heavy atom. The lowest BCUT2D eigenvalue weighted by molar-refractivity contribution is -0.633. The van der Waals surface area contributed by atoms with Crippen molar-refractivity contribution in [3.63, 3.8) is 0 Å². The van der Waals surface area contributed by atoms with Gasteiger partial charge in [0.1, 0.15) is 12.8 Å². The second kappa shape index (κ2) is 7.32. The highest BCUT2D eigenvalue weighted by molar-refractivity contribution is 6.06. The summed E-state index contributed by atoms with van der Waals surface area (Å²) in [4.78, 5) is 3.93. The van der Waals surface area contributed by atoms with Crippen molar-refractivity contribution in [2.24, 2.45) is 7.05 Å². The number of fused-ring (bicyclic) bond motifs is 3. The van der Waals surface area contributed by atoms with E-state index < -0.39 is 5.54 Å². The quantitative estimate of drug-likeness (QED) is 0.211. The fourth-order valence-corrected chi connectivity index (χ4v) is 5.18. The molecule has 0 fully saturated rings. The Bertz CT molecular complexity index is 1500. The highest BCUT2D eigenvalue weighted by Gasteiger charge is 2.37. The standard InChI is InChI=1S/C30H31N2O/c1-17(2)20-14-21-13-18(3)19(4)26-27(21)25(15-20)33-29-23(16-30(5,6)31-7)22-11-9-10-12-24(22)32(8)28(26)29/h9-15,17H,16H2,1-6,8H3/q+1. The number of nitrogens with zero attached hydrogens (tertiary/aromatic N) is 2. The van der Waals surface area contributed by atoms with Gasteiger partial charge in [0.2, 0.25) is 16.8 Å². The molecule has 5 rings (SSSR count). The van der Waals surface area contributed by atoms with Gasteiger partial charge in [0.25, 0.3) is 5.69 Å². The maximum atomic E-state index is 7.77. The zero-order valence-corrected chi connectivity index (χ0v) is 20.6. The number of para-hydroxylation sites is 1. The van der Waals surface area contributed by atoms with E-state index in [2.05, 4.69) is 86.6 Å². The summed E-state index contributed by atoms with van der Waals surface area (Å²) in [6.45, 7) is 20.7. The zero-order chi connectivity index (χ0) is 23.7. The van der Waals surface area contributed by atoms with Gasteiger partial charge in [-0.25, -0.2) is 6.57 Å². The SMILES string of the molecule is [C-]#[N+]C(C)(C)Cc1c2c([n+](C)c3ccccc13)-c1c(C)c(C)cc3cc(C(C)C)cc(c13)O2. The van der Waals surface area contributed by atoms with Crippen LogP contribution in [0.1, 0.15) is 55.9 Å². The number of rotatable bonds is 3. The first-order valence-electron chi connectivity index (χ1n) is 11.7. The fraction of sp³-hybridized carbons (Fsp3) is 0.333. The smallest absolute Gasteiger partial charge is 0.257 e. The molecule has 0 spiro atoms. The second-order valence-corrected chi connectivity index (χ2v) is 10.4. The van der Waals surface area contributed by atoms with E-state index in [9.17, 15) is 0 Å². The van der Waals surface area contributed by atoms with Crippen LogP contribution < -0.4 is 9.30 Å². The molecule has 0 bridgehead atoms. The van der Waals surface area contributed by atoms with Crippen molar-refractivity contribution >= 4 is 21.7 Å². The number of hydrogen-bond acceptors (Lipinski definition) is 1. The largest absolute Gasteiger partial charge is 0.449 e. The van der Waals surface area contributed by atoms with Gasteiger partial charge < -0.3 is 9.58 Å². The summed E-state index contributed by atoms with van der Waals surface area (Å²) in [5.41, 5.74) is 7.98. The second-order valence-electron chi connectivity index (χ2n) is 10.4. The number of aromatic nitrogens is 1. The Labute approximate surface area is 196 Å². The first-order valence-corrected chi connectivity index (χ1v) is 11.7. The normalized spacial score (nSPS) is 12.7. The van der Waals surface area contributed by atoms with Gasteiger partial charge in [-0.05, 0) is 54.0 Å². The number of pyridine rings is 1. The lowest BCUT2D eigenvalue weighted by Crippen LogP contribution is -2.35. The summed E-state index contributed by atoms with van der Waals surface area (Å²) in [5.74, 6) is 2.24. The van der Waals surface area contributed by atoms with Gasteiger partial charge in [0, 0.05) is 30.9 Å². The number of ether oxygens (including phenoxy) is 1. The summed E-state index contributed by atoms with van der Waals surface area (Å²) in [7, 11) is 2.13. The van der Waals surface area contributed by atoms with Crippen LogP contribution in [0.25, 0.3) is 37.8 Å². The molecular formula is C30H31N2O+. The van der Waals surface area contributed by atoms with Crippen molar-refractivity contribution in [3.05, 3.63) is 76.1 Å². The summed E-state index contributed by atoms with van der Waals surface area (Å²) < 4.78 is 9.10. The molecule has 0 radical (unpaired) electrons. The van der Waals surface area contributed by atoms with Crippen molar-refractivity contribution in [2.75, 3.05) is 0 Å². The minimum Gasteiger partial charge on any atom is -0.449 e. The van der Waals surface area contributed by atoms with Crippen LogP contribution in [0.2, 0.25) is 0 Å². The Kier molecular flexibility index (Phi) is 4.76. The van der Waals surface area contributed by atoms with Crippen molar-refractivity contribution < 1.29 is 9.30 Å². The van der Waals surface area contributed by atoms with Gasteiger partial charge in [0.05, 0.1) is 17.4 Å². The van der Waals surface area contributed by atoms with Gasteiger partial charge in [-0.1, -0.05) is 38.1 Å². The fourth-order valence-electron chi connectivity index (χ4n) is 5.18. The first kappa shape index (κ1) is 21.5. The summed E-state index contributed by atoms with van der Waals surface area (Å²) in [6, 6.07) is 15.3. The lowest BCUT2D eigenvalue weighted by atomic mass is 9.85. The molecule has 0 aliphatic carbocycles. The monoisotopic (exact) mass is 435 g/mol. The average Bonchev–Trinajstić information content (AvgIpc) is 2.79. The van der Waals surface area contributed by atoms with Gasteiger partial charge in [-0.15, -0.1) is 0 Å². The van der Waals surface area contributed by atoms with E-state index in [1.165, 1.54) is 33.0 Å². The summed E-state index contributed by atoms with van der Waals surface area (Å²) in [6.07, 6.45) is 0.632. The highest BCUT2D eigenvalue weighted by atomic mass is 16.5. The molecule has 3 aromatic carbocycles. The molecule has 3 heteroatoms. The van der Waals surface area contributed by atoms with Crippen LogP contribution in [-0.2, 0) is 13.5 Å². The number of hydrogen-bond donors (Lipinski definition) is 0. The van der Waals surface area contributed by atoms with Crippen LogP contribution in [0, 0.1) is 20.4 Å². The van der Waals surface area contributed by atoms with E-state index in [4.69, 9.17) is 11.3 Å². The molecule has 0 N–H and O–H groups in total. The van der Waals surface area contributed by atoms with Crippen molar-refractivity contribution in [2.45, 2.75) is 59.4 Å². The maximum absolute atomic E-state index is 7.77. The van der Waals surface area contributed by atoms with Crippen LogP contribution in [0.3, 0.4) is 0 Å². The molecule has 0 amide bonds. The Balaban J connectivity index is 1.97. The van der Waals surface area contributed by atoms with Crippen LogP contribution in [0.4, 0.5) is 0 Å². The van der Waals surface area contributed by atoms with Crippen molar-refractivity contribution in [1.29, 1.82) is 0 Å². The van der Waals surface area contributed by atoms with Crippen LogP contribution in [-0.4, -0.2) is 5.54 Å². The summed E-state index contributed by atoms with van der Waals surface area (Å²) in [5, 5.41) is 3.58. The van der Waals surface area contributed by atoms with Crippen LogP contribution >= 0.6 is 0 Å². The predicted octanol–water partition coefficient (Wildman–Crippen LogP) is 7.57. The lowest BCUT2D eigenvalue weighted by Gasteiger charge is -2.26. The molecule has 1 aliphatic heterocycles.